The van der Waals surface area contributed by atoms with Crippen molar-refractivity contribution in [3.63, 3.8) is 0 Å². The van der Waals surface area contributed by atoms with Crippen molar-refractivity contribution in [3.05, 3.63) is 29.6 Å². The Balaban J connectivity index is 2.22. The van der Waals surface area contributed by atoms with E-state index in [-0.39, 0.29) is 10.8 Å². The lowest BCUT2D eigenvalue weighted by Crippen LogP contribution is -2.27. The Morgan fingerprint density at radius 2 is 2.18 bits per heavy atom. The second-order valence-electron chi connectivity index (χ2n) is 3.98. The van der Waals surface area contributed by atoms with E-state index in [0.717, 1.165) is 19.6 Å². The molecule has 1 aliphatic rings. The molecule has 0 spiro atoms. The number of hydrogen-bond donors (Lipinski definition) is 1. The Labute approximate surface area is 105 Å². The van der Waals surface area contributed by atoms with Gasteiger partial charge in [-0.1, -0.05) is 12.2 Å². The second-order valence-corrected chi connectivity index (χ2v) is 4.42. The van der Waals surface area contributed by atoms with Gasteiger partial charge >= 0.3 is 0 Å². The van der Waals surface area contributed by atoms with Crippen LogP contribution in [-0.4, -0.2) is 31.3 Å². The van der Waals surface area contributed by atoms with E-state index in [0.29, 0.717) is 24.4 Å². The summed E-state index contributed by atoms with van der Waals surface area (Å²) in [4.78, 5) is 2.21. The molecule has 1 aromatic rings. The lowest BCUT2D eigenvalue weighted by atomic mass is 10.1. The first kappa shape index (κ1) is 12.3. The average Bonchev–Trinajstić information content (AvgIpc) is 2.57. The summed E-state index contributed by atoms with van der Waals surface area (Å²) in [7, 11) is 0. The number of halogens is 1. The zero-order valence-electron chi connectivity index (χ0n) is 9.49. The fourth-order valence-electron chi connectivity index (χ4n) is 1.90. The zero-order valence-corrected chi connectivity index (χ0v) is 10.3. The predicted molar refractivity (Wildman–Crippen MR) is 69.9 cm³/mol. The topological polar surface area (TPSA) is 38.5 Å². The molecule has 17 heavy (non-hydrogen) atoms. The summed E-state index contributed by atoms with van der Waals surface area (Å²) in [6, 6.07) is 4.88. The van der Waals surface area contributed by atoms with Gasteiger partial charge in [0.1, 0.15) is 10.8 Å². The fourth-order valence-corrected chi connectivity index (χ4v) is 2.03. The third-order valence-electron chi connectivity index (χ3n) is 2.80. The third-order valence-corrected chi connectivity index (χ3v) is 3.03. The van der Waals surface area contributed by atoms with E-state index in [4.69, 9.17) is 22.7 Å². The normalized spacial score (nSPS) is 16.6. The summed E-state index contributed by atoms with van der Waals surface area (Å²) >= 11 is 4.82. The largest absolute Gasteiger partial charge is 0.389 e. The van der Waals surface area contributed by atoms with Crippen molar-refractivity contribution in [1.29, 1.82) is 0 Å². The predicted octanol–water partition coefficient (Wildman–Crippen LogP) is 1.69. The van der Waals surface area contributed by atoms with E-state index < -0.39 is 0 Å². The molecule has 0 atom stereocenters. The molecule has 3 nitrogen and oxygen atoms in total. The van der Waals surface area contributed by atoms with Gasteiger partial charge in [-0.2, -0.15) is 0 Å². The van der Waals surface area contributed by atoms with Gasteiger partial charge in [0.05, 0.1) is 12.3 Å². The first-order chi connectivity index (χ1) is 8.18. The highest BCUT2D eigenvalue weighted by atomic mass is 32.1. The number of thiocarbonyl (C=S) groups is 1. The van der Waals surface area contributed by atoms with Crippen LogP contribution < -0.4 is 10.6 Å². The molecule has 2 rings (SSSR count). The Morgan fingerprint density at radius 3 is 2.88 bits per heavy atom. The molecule has 0 saturated carbocycles. The molecule has 5 heteroatoms. The quantitative estimate of drug-likeness (QED) is 0.815. The minimum atomic E-state index is -0.280. The number of ether oxygens (including phenoxy) is 1. The van der Waals surface area contributed by atoms with Crippen molar-refractivity contribution in [2.45, 2.75) is 6.42 Å². The van der Waals surface area contributed by atoms with Gasteiger partial charge in [0.25, 0.3) is 0 Å². The first-order valence-electron chi connectivity index (χ1n) is 5.60. The summed E-state index contributed by atoms with van der Waals surface area (Å²) in [6.45, 7) is 2.90. The molecule has 0 aliphatic carbocycles. The highest BCUT2D eigenvalue weighted by Gasteiger charge is 2.14. The van der Waals surface area contributed by atoms with Gasteiger partial charge in [0.15, 0.2) is 0 Å². The Morgan fingerprint density at radius 1 is 1.35 bits per heavy atom. The van der Waals surface area contributed by atoms with Crippen LogP contribution in [0, 0.1) is 5.82 Å². The summed E-state index contributed by atoms with van der Waals surface area (Å²) in [5.74, 6) is -0.280. The molecule has 0 aromatic heterocycles. The molecule has 1 saturated heterocycles. The maximum atomic E-state index is 13.9. The number of hydrogen-bond acceptors (Lipinski definition) is 3. The van der Waals surface area contributed by atoms with E-state index in [1.165, 1.54) is 6.07 Å². The summed E-state index contributed by atoms with van der Waals surface area (Å²) in [5, 5.41) is 0. The Kier molecular flexibility index (Phi) is 3.91. The van der Waals surface area contributed by atoms with E-state index >= 15 is 0 Å². The number of anilines is 1. The van der Waals surface area contributed by atoms with Crippen LogP contribution in [0.4, 0.5) is 10.1 Å². The van der Waals surface area contributed by atoms with Crippen LogP contribution in [0.25, 0.3) is 0 Å². The second kappa shape index (κ2) is 5.42. The fraction of sp³-hybridized carbons (Fsp3) is 0.417. The van der Waals surface area contributed by atoms with E-state index in [9.17, 15) is 4.39 Å². The SMILES string of the molecule is NC(=S)c1ccc(N2CCCOCC2)c(F)c1. The molecular formula is C12H15FN2OS. The van der Waals surface area contributed by atoms with Crippen LogP contribution in [0.2, 0.25) is 0 Å². The maximum absolute atomic E-state index is 13.9. The van der Waals surface area contributed by atoms with Crippen LogP contribution in [0.5, 0.6) is 0 Å². The smallest absolute Gasteiger partial charge is 0.147 e. The van der Waals surface area contributed by atoms with Gasteiger partial charge in [-0.15, -0.1) is 0 Å². The highest BCUT2D eigenvalue weighted by molar-refractivity contribution is 7.80. The molecule has 0 unspecified atom stereocenters. The van der Waals surface area contributed by atoms with Crippen LogP contribution in [-0.2, 0) is 4.74 Å². The van der Waals surface area contributed by atoms with E-state index in [2.05, 4.69) is 0 Å². The lowest BCUT2D eigenvalue weighted by molar-refractivity contribution is 0.152. The van der Waals surface area contributed by atoms with E-state index in [1.54, 1.807) is 12.1 Å². The third kappa shape index (κ3) is 2.92. The summed E-state index contributed by atoms with van der Waals surface area (Å²) < 4.78 is 19.3. The summed E-state index contributed by atoms with van der Waals surface area (Å²) in [6.07, 6.45) is 0.913. The van der Waals surface area contributed by atoms with Crippen LogP contribution in [0.3, 0.4) is 0 Å². The van der Waals surface area contributed by atoms with Crippen LogP contribution >= 0.6 is 12.2 Å². The molecule has 0 radical (unpaired) electrons. The minimum absolute atomic E-state index is 0.217. The molecule has 2 N–H and O–H groups in total. The van der Waals surface area contributed by atoms with Crippen molar-refractivity contribution in [3.8, 4) is 0 Å². The molecule has 0 amide bonds. The molecule has 1 aromatic carbocycles. The van der Waals surface area contributed by atoms with Crippen molar-refractivity contribution in [2.24, 2.45) is 5.73 Å². The van der Waals surface area contributed by atoms with E-state index in [1.807, 2.05) is 4.90 Å². The lowest BCUT2D eigenvalue weighted by Gasteiger charge is -2.22. The molecule has 0 bridgehead atoms. The standard InChI is InChI=1S/C12H15FN2OS/c13-10-8-9(12(14)17)2-3-11(10)15-4-1-6-16-7-5-15/h2-3,8H,1,4-7H2,(H2,14,17). The number of nitrogens with two attached hydrogens (primary N) is 1. The molecular weight excluding hydrogens is 239 g/mol. The summed E-state index contributed by atoms with van der Waals surface area (Å²) in [5.41, 5.74) is 6.62. The highest BCUT2D eigenvalue weighted by Crippen LogP contribution is 2.21. The molecule has 1 fully saturated rings. The monoisotopic (exact) mass is 254 g/mol. The number of rotatable bonds is 2. The number of nitrogens with zero attached hydrogens (tertiary/aromatic N) is 1. The van der Waals surface area contributed by atoms with Gasteiger partial charge in [0.2, 0.25) is 0 Å². The zero-order chi connectivity index (χ0) is 12.3. The minimum Gasteiger partial charge on any atom is -0.389 e. The van der Waals surface area contributed by atoms with Crippen molar-refractivity contribution in [2.75, 3.05) is 31.2 Å². The van der Waals surface area contributed by atoms with Crippen molar-refractivity contribution in [1.82, 2.24) is 0 Å². The van der Waals surface area contributed by atoms with Crippen molar-refractivity contribution >= 4 is 22.9 Å². The molecule has 92 valence electrons. The van der Waals surface area contributed by atoms with Crippen molar-refractivity contribution < 1.29 is 9.13 Å². The van der Waals surface area contributed by atoms with Gasteiger partial charge in [-0.05, 0) is 24.6 Å². The number of benzene rings is 1. The van der Waals surface area contributed by atoms with Gasteiger partial charge in [0, 0.05) is 25.3 Å². The first-order valence-corrected chi connectivity index (χ1v) is 6.01. The Hall–Kier alpha value is -1.20. The molecule has 1 heterocycles. The maximum Gasteiger partial charge on any atom is 0.147 e. The van der Waals surface area contributed by atoms with Crippen LogP contribution in [0.1, 0.15) is 12.0 Å². The molecule has 1 aliphatic heterocycles. The van der Waals surface area contributed by atoms with Gasteiger partial charge < -0.3 is 15.4 Å². The average molecular weight is 254 g/mol. The van der Waals surface area contributed by atoms with Gasteiger partial charge in [-0.25, -0.2) is 4.39 Å². The van der Waals surface area contributed by atoms with Gasteiger partial charge in [-0.3, -0.25) is 0 Å². The Bertz CT molecular complexity index is 417. The van der Waals surface area contributed by atoms with Crippen LogP contribution in [0.15, 0.2) is 18.2 Å².